The summed E-state index contributed by atoms with van der Waals surface area (Å²) in [4.78, 5) is 14.2. The van der Waals surface area contributed by atoms with Crippen LogP contribution in [0, 0.1) is 5.92 Å². The van der Waals surface area contributed by atoms with Crippen molar-refractivity contribution in [3.63, 3.8) is 0 Å². The van der Waals surface area contributed by atoms with Crippen molar-refractivity contribution in [1.29, 1.82) is 0 Å². The first kappa shape index (κ1) is 22.9. The Morgan fingerprint density at radius 1 is 1.32 bits per heavy atom. The van der Waals surface area contributed by atoms with E-state index in [-0.39, 0.29) is 18.6 Å². The van der Waals surface area contributed by atoms with Crippen LogP contribution in [-0.4, -0.2) is 61.7 Å². The van der Waals surface area contributed by atoms with Crippen LogP contribution >= 0.6 is 11.6 Å². The molecule has 1 fully saturated rings. The zero-order valence-corrected chi connectivity index (χ0v) is 18.0. The van der Waals surface area contributed by atoms with Gasteiger partial charge in [0.25, 0.3) is 0 Å². The molecule has 1 aromatic rings. The van der Waals surface area contributed by atoms with Crippen LogP contribution in [0.3, 0.4) is 0 Å². The molecule has 0 bridgehead atoms. The van der Waals surface area contributed by atoms with Crippen molar-refractivity contribution in [3.05, 3.63) is 34.9 Å². The summed E-state index contributed by atoms with van der Waals surface area (Å²) in [7, 11) is 1.60. The number of carbonyl (C=O) groups is 1. The summed E-state index contributed by atoms with van der Waals surface area (Å²) in [6.45, 7) is 7.47. The third-order valence-electron chi connectivity index (χ3n) is 4.83. The molecule has 7 heteroatoms. The number of benzene rings is 1. The monoisotopic (exact) mass is 413 g/mol. The molecular weight excluding hydrogens is 382 g/mol. The number of methoxy groups -OCH3 is 1. The van der Waals surface area contributed by atoms with E-state index >= 15 is 0 Å². The van der Waals surface area contributed by atoms with Gasteiger partial charge in [-0.25, -0.2) is 4.79 Å². The average molecular weight is 414 g/mol. The maximum atomic E-state index is 12.5. The smallest absolute Gasteiger partial charge is 0.410 e. The molecule has 0 saturated carbocycles. The zero-order chi connectivity index (χ0) is 20.8. The van der Waals surface area contributed by atoms with Crippen molar-refractivity contribution in [3.8, 4) is 0 Å². The molecule has 0 spiro atoms. The molecule has 1 aliphatic heterocycles. The largest absolute Gasteiger partial charge is 0.444 e. The first-order valence-electron chi connectivity index (χ1n) is 9.69. The van der Waals surface area contributed by atoms with Crippen LogP contribution < -0.4 is 0 Å². The molecular formula is C21H32ClNO5. The third-order valence-corrected chi connectivity index (χ3v) is 5.06. The number of piperidine rings is 1. The minimum absolute atomic E-state index is 0.101. The predicted molar refractivity (Wildman–Crippen MR) is 109 cm³/mol. The molecule has 1 amide bonds. The summed E-state index contributed by atoms with van der Waals surface area (Å²) in [5.41, 5.74) is -1.14. The molecule has 2 rings (SSSR count). The highest BCUT2D eigenvalue weighted by Gasteiger charge is 2.42. The second-order valence-electron chi connectivity index (χ2n) is 8.25. The number of rotatable bonds is 7. The second kappa shape index (κ2) is 9.92. The third kappa shape index (κ3) is 6.34. The molecule has 1 aromatic carbocycles. The number of hydrogen-bond acceptors (Lipinski definition) is 5. The lowest BCUT2D eigenvalue weighted by Crippen LogP contribution is -2.51. The van der Waals surface area contributed by atoms with Gasteiger partial charge in [0, 0.05) is 31.1 Å². The van der Waals surface area contributed by atoms with Crippen molar-refractivity contribution < 1.29 is 24.1 Å². The minimum atomic E-state index is -1.26. The molecule has 158 valence electrons. The Labute approximate surface area is 172 Å². The van der Waals surface area contributed by atoms with Gasteiger partial charge in [-0.05, 0) is 51.3 Å². The first-order valence-corrected chi connectivity index (χ1v) is 10.1. The molecule has 0 radical (unpaired) electrons. The number of hydrogen-bond donors (Lipinski definition) is 1. The van der Waals surface area contributed by atoms with Gasteiger partial charge in [-0.3, -0.25) is 0 Å². The van der Waals surface area contributed by atoms with Gasteiger partial charge in [0.2, 0.25) is 0 Å². The Hall–Kier alpha value is -1.34. The Morgan fingerprint density at radius 3 is 2.71 bits per heavy atom. The fourth-order valence-corrected chi connectivity index (χ4v) is 3.61. The van der Waals surface area contributed by atoms with E-state index in [1.807, 2.05) is 32.9 Å². The van der Waals surface area contributed by atoms with E-state index in [0.29, 0.717) is 36.9 Å². The SMILES string of the molecule is COCCOC[C@](O)(c1cccc(Cl)c1)C1CCCN(C(=O)OC(C)(C)C)C1. The topological polar surface area (TPSA) is 68.2 Å². The normalized spacial score (nSPS) is 19.9. The average Bonchev–Trinajstić information content (AvgIpc) is 2.64. The highest BCUT2D eigenvalue weighted by atomic mass is 35.5. The fourth-order valence-electron chi connectivity index (χ4n) is 3.42. The molecule has 2 atom stereocenters. The number of likely N-dealkylation sites (tertiary alicyclic amines) is 1. The van der Waals surface area contributed by atoms with Gasteiger partial charge in [-0.1, -0.05) is 23.7 Å². The van der Waals surface area contributed by atoms with Gasteiger partial charge in [0.05, 0.1) is 19.8 Å². The molecule has 0 aliphatic carbocycles. The van der Waals surface area contributed by atoms with E-state index in [0.717, 1.165) is 12.8 Å². The van der Waals surface area contributed by atoms with Crippen LogP contribution in [-0.2, 0) is 19.8 Å². The van der Waals surface area contributed by atoms with Crippen LogP contribution in [0.4, 0.5) is 4.79 Å². The van der Waals surface area contributed by atoms with Crippen LogP contribution in [0.5, 0.6) is 0 Å². The number of ether oxygens (including phenoxy) is 3. The van der Waals surface area contributed by atoms with E-state index in [2.05, 4.69) is 0 Å². The second-order valence-corrected chi connectivity index (χ2v) is 8.68. The molecule has 0 aromatic heterocycles. The van der Waals surface area contributed by atoms with Gasteiger partial charge < -0.3 is 24.2 Å². The quantitative estimate of drug-likeness (QED) is 0.688. The maximum absolute atomic E-state index is 12.5. The van der Waals surface area contributed by atoms with Crippen LogP contribution in [0.25, 0.3) is 0 Å². The van der Waals surface area contributed by atoms with Crippen molar-refractivity contribution in [1.82, 2.24) is 4.90 Å². The molecule has 6 nitrogen and oxygen atoms in total. The van der Waals surface area contributed by atoms with E-state index < -0.39 is 11.2 Å². The summed E-state index contributed by atoms with van der Waals surface area (Å²) in [6.07, 6.45) is 1.20. The van der Waals surface area contributed by atoms with Crippen LogP contribution in [0.2, 0.25) is 5.02 Å². The number of nitrogens with zero attached hydrogens (tertiary/aromatic N) is 1. The molecule has 1 saturated heterocycles. The predicted octanol–water partition coefficient (Wildman–Crippen LogP) is 3.84. The summed E-state index contributed by atoms with van der Waals surface area (Å²) < 4.78 is 16.2. The standard InChI is InChI=1S/C21H32ClNO5/c1-20(2,3)28-19(24)23-10-6-8-17(14-23)21(25,15-27-12-11-26-4)16-7-5-9-18(22)13-16/h5,7,9,13,17,25H,6,8,10-12,14-15H2,1-4H3/t17?,21-/m0/s1. The van der Waals surface area contributed by atoms with Gasteiger partial charge in [-0.15, -0.1) is 0 Å². The number of halogens is 1. The van der Waals surface area contributed by atoms with Crippen molar-refractivity contribution in [2.45, 2.75) is 44.8 Å². The molecule has 28 heavy (non-hydrogen) atoms. The van der Waals surface area contributed by atoms with Gasteiger partial charge >= 0.3 is 6.09 Å². The van der Waals surface area contributed by atoms with Crippen molar-refractivity contribution in [2.24, 2.45) is 5.92 Å². The summed E-state index contributed by atoms with van der Waals surface area (Å²) in [6, 6.07) is 7.18. The van der Waals surface area contributed by atoms with Gasteiger partial charge in [0.1, 0.15) is 11.2 Å². The van der Waals surface area contributed by atoms with E-state index in [1.54, 1.807) is 24.1 Å². The van der Waals surface area contributed by atoms with E-state index in [4.69, 9.17) is 25.8 Å². The molecule has 1 N–H and O–H groups in total. The minimum Gasteiger partial charge on any atom is -0.444 e. The Kier molecular flexibility index (Phi) is 8.13. The lowest BCUT2D eigenvalue weighted by molar-refractivity contribution is -0.111. The fraction of sp³-hybridized carbons (Fsp3) is 0.667. The van der Waals surface area contributed by atoms with Gasteiger partial charge in [-0.2, -0.15) is 0 Å². The summed E-state index contributed by atoms with van der Waals surface area (Å²) in [5.74, 6) is -0.199. The van der Waals surface area contributed by atoms with E-state index in [1.165, 1.54) is 0 Å². The van der Waals surface area contributed by atoms with Gasteiger partial charge in [0.15, 0.2) is 0 Å². The zero-order valence-electron chi connectivity index (χ0n) is 17.2. The Morgan fingerprint density at radius 2 is 2.07 bits per heavy atom. The van der Waals surface area contributed by atoms with Crippen molar-refractivity contribution >= 4 is 17.7 Å². The Bertz CT molecular complexity index is 648. The number of amides is 1. The summed E-state index contributed by atoms with van der Waals surface area (Å²) >= 11 is 6.17. The first-order chi connectivity index (χ1) is 13.2. The molecule has 1 aliphatic rings. The van der Waals surface area contributed by atoms with E-state index in [9.17, 15) is 9.90 Å². The van der Waals surface area contributed by atoms with Crippen molar-refractivity contribution in [2.75, 3.05) is 40.0 Å². The lowest BCUT2D eigenvalue weighted by Gasteiger charge is -2.42. The maximum Gasteiger partial charge on any atom is 0.410 e. The molecule has 1 unspecified atom stereocenters. The highest BCUT2D eigenvalue weighted by molar-refractivity contribution is 6.30. The number of carbonyl (C=O) groups excluding carboxylic acids is 1. The van der Waals surface area contributed by atoms with Crippen LogP contribution in [0.1, 0.15) is 39.2 Å². The highest BCUT2D eigenvalue weighted by Crippen LogP contribution is 2.37. The lowest BCUT2D eigenvalue weighted by atomic mass is 9.77. The summed E-state index contributed by atoms with van der Waals surface area (Å²) in [5, 5.41) is 12.2. The number of aliphatic hydroxyl groups is 1. The van der Waals surface area contributed by atoms with Crippen LogP contribution in [0.15, 0.2) is 24.3 Å². The molecule has 1 heterocycles. The Balaban J connectivity index is 2.20.